The Morgan fingerprint density at radius 3 is 2.72 bits per heavy atom. The second-order valence-electron chi connectivity index (χ2n) is 4.38. The third-order valence-corrected chi connectivity index (χ3v) is 3.10. The van der Waals surface area contributed by atoms with Gasteiger partial charge in [-0.1, -0.05) is 12.1 Å². The van der Waals surface area contributed by atoms with Crippen molar-refractivity contribution in [1.29, 1.82) is 0 Å². The van der Waals surface area contributed by atoms with E-state index in [1.807, 2.05) is 24.3 Å². The van der Waals surface area contributed by atoms with E-state index in [0.717, 1.165) is 30.2 Å². The lowest BCUT2D eigenvalue weighted by Crippen LogP contribution is -2.40. The highest BCUT2D eigenvalue weighted by atomic mass is 16.5. The number of hydrogen-bond acceptors (Lipinski definition) is 5. The van der Waals surface area contributed by atoms with Gasteiger partial charge >= 0.3 is 0 Å². The smallest absolute Gasteiger partial charge is 0.180 e. The highest BCUT2D eigenvalue weighted by Gasteiger charge is 2.23. The molecule has 1 aromatic heterocycles. The van der Waals surface area contributed by atoms with Gasteiger partial charge in [0.1, 0.15) is 5.75 Å². The summed E-state index contributed by atoms with van der Waals surface area (Å²) in [4.78, 5) is 1.63. The second kappa shape index (κ2) is 4.73. The van der Waals surface area contributed by atoms with Gasteiger partial charge in [0.25, 0.3) is 0 Å². The van der Waals surface area contributed by atoms with E-state index in [9.17, 15) is 0 Å². The Bertz CT molecular complexity index is 518. The molecule has 0 bridgehead atoms. The third-order valence-electron chi connectivity index (χ3n) is 3.10. The van der Waals surface area contributed by atoms with Crippen molar-refractivity contribution in [2.24, 2.45) is 0 Å². The van der Waals surface area contributed by atoms with E-state index in [2.05, 4.69) is 20.7 Å². The zero-order valence-electron chi connectivity index (χ0n) is 10.2. The Labute approximate surface area is 105 Å². The molecule has 0 unspecified atom stereocenters. The number of hydrogen-bond donors (Lipinski definition) is 1. The number of benzene rings is 1. The molecule has 3 rings (SSSR count). The summed E-state index contributed by atoms with van der Waals surface area (Å²) in [7, 11) is 1.66. The predicted molar refractivity (Wildman–Crippen MR) is 65.5 cm³/mol. The highest BCUT2D eigenvalue weighted by molar-refractivity contribution is 5.27. The molecule has 2 heterocycles. The molecule has 0 saturated carbocycles. The molecule has 6 nitrogen and oxygen atoms in total. The number of ether oxygens (including phenoxy) is 1. The Morgan fingerprint density at radius 1 is 1.33 bits per heavy atom. The van der Waals surface area contributed by atoms with Crippen molar-refractivity contribution in [3.63, 3.8) is 0 Å². The van der Waals surface area contributed by atoms with Crippen LogP contribution < -0.4 is 10.1 Å². The molecule has 0 spiro atoms. The molecule has 2 aromatic rings. The summed E-state index contributed by atoms with van der Waals surface area (Å²) in [5.41, 5.74) is 1.13. The molecule has 1 N–H and O–H groups in total. The molecular formula is C12H15N5O. The average molecular weight is 245 g/mol. The molecule has 0 amide bonds. The van der Waals surface area contributed by atoms with Crippen molar-refractivity contribution in [2.75, 3.05) is 20.2 Å². The van der Waals surface area contributed by atoms with Gasteiger partial charge in [-0.2, -0.15) is 4.80 Å². The first-order chi connectivity index (χ1) is 8.85. The molecular weight excluding hydrogens is 230 g/mol. The van der Waals surface area contributed by atoms with Crippen LogP contribution in [0.2, 0.25) is 0 Å². The first-order valence-corrected chi connectivity index (χ1v) is 5.96. The molecule has 1 aliphatic rings. The van der Waals surface area contributed by atoms with Gasteiger partial charge in [-0.3, -0.25) is 0 Å². The number of tetrazole rings is 1. The van der Waals surface area contributed by atoms with E-state index in [1.165, 1.54) is 0 Å². The van der Waals surface area contributed by atoms with Gasteiger partial charge in [0.2, 0.25) is 0 Å². The highest BCUT2D eigenvalue weighted by Crippen LogP contribution is 2.15. The lowest BCUT2D eigenvalue weighted by molar-refractivity contribution is 0.414. The number of nitrogens with one attached hydrogen (secondary N) is 1. The Kier molecular flexibility index (Phi) is 2.93. The second-order valence-corrected chi connectivity index (χ2v) is 4.38. The number of nitrogens with zero attached hydrogens (tertiary/aromatic N) is 4. The Morgan fingerprint density at radius 2 is 2.11 bits per heavy atom. The molecule has 1 aliphatic heterocycles. The van der Waals surface area contributed by atoms with Crippen LogP contribution in [-0.4, -0.2) is 40.4 Å². The van der Waals surface area contributed by atoms with Gasteiger partial charge in [0.15, 0.2) is 5.82 Å². The molecule has 18 heavy (non-hydrogen) atoms. The van der Waals surface area contributed by atoms with Crippen LogP contribution >= 0.6 is 0 Å². The van der Waals surface area contributed by atoms with Crippen LogP contribution in [0.15, 0.2) is 24.3 Å². The normalized spacial score (nSPS) is 15.4. The average Bonchev–Trinajstić information content (AvgIpc) is 2.76. The summed E-state index contributed by atoms with van der Waals surface area (Å²) in [6.07, 6.45) is 0. The van der Waals surface area contributed by atoms with Crippen LogP contribution in [0.4, 0.5) is 0 Å². The van der Waals surface area contributed by atoms with E-state index in [-0.39, 0.29) is 0 Å². The van der Waals surface area contributed by atoms with Gasteiger partial charge < -0.3 is 10.1 Å². The van der Waals surface area contributed by atoms with Gasteiger partial charge in [-0.25, -0.2) is 0 Å². The fourth-order valence-corrected chi connectivity index (χ4v) is 1.85. The maximum Gasteiger partial charge on any atom is 0.180 e. The van der Waals surface area contributed by atoms with E-state index in [1.54, 1.807) is 11.9 Å². The van der Waals surface area contributed by atoms with Gasteiger partial charge in [-0.15, -0.1) is 10.2 Å². The molecule has 1 fully saturated rings. The number of aromatic nitrogens is 4. The topological polar surface area (TPSA) is 64.9 Å². The fourth-order valence-electron chi connectivity index (χ4n) is 1.85. The molecule has 94 valence electrons. The Balaban J connectivity index is 1.69. The van der Waals surface area contributed by atoms with Gasteiger partial charge in [-0.05, 0) is 22.9 Å². The van der Waals surface area contributed by atoms with Crippen molar-refractivity contribution in [3.8, 4) is 5.75 Å². The van der Waals surface area contributed by atoms with Crippen LogP contribution in [0.25, 0.3) is 0 Å². The first-order valence-electron chi connectivity index (χ1n) is 5.96. The summed E-state index contributed by atoms with van der Waals surface area (Å²) in [5.74, 6) is 2.11. The van der Waals surface area contributed by atoms with Crippen LogP contribution in [-0.2, 0) is 6.54 Å². The number of methoxy groups -OCH3 is 1. The lowest BCUT2D eigenvalue weighted by atomic mass is 10.0. The van der Waals surface area contributed by atoms with Crippen LogP contribution in [0.3, 0.4) is 0 Å². The summed E-state index contributed by atoms with van der Waals surface area (Å²) >= 11 is 0. The summed E-state index contributed by atoms with van der Waals surface area (Å²) in [6, 6.07) is 7.88. The number of rotatable bonds is 4. The van der Waals surface area contributed by atoms with Crippen LogP contribution in [0.5, 0.6) is 5.75 Å². The zero-order valence-corrected chi connectivity index (χ0v) is 10.2. The van der Waals surface area contributed by atoms with E-state index < -0.39 is 0 Å². The summed E-state index contributed by atoms with van der Waals surface area (Å²) in [6.45, 7) is 2.54. The first kappa shape index (κ1) is 11.2. The largest absolute Gasteiger partial charge is 0.497 e. The van der Waals surface area contributed by atoms with Crippen molar-refractivity contribution in [1.82, 2.24) is 25.5 Å². The maximum atomic E-state index is 5.12. The minimum atomic E-state index is 0.426. The van der Waals surface area contributed by atoms with E-state index in [4.69, 9.17) is 4.74 Å². The summed E-state index contributed by atoms with van der Waals surface area (Å²) < 4.78 is 5.12. The zero-order chi connectivity index (χ0) is 12.4. The molecule has 0 atom stereocenters. The Hall–Kier alpha value is -1.95. The lowest BCUT2D eigenvalue weighted by Gasteiger charge is -2.23. The standard InChI is InChI=1S/C12H15N5O/c1-18-11-4-2-9(3-5-11)8-17-15-12(14-16-17)10-6-13-7-10/h2-5,10,13H,6-8H2,1H3. The minimum Gasteiger partial charge on any atom is -0.497 e. The monoisotopic (exact) mass is 245 g/mol. The quantitative estimate of drug-likeness (QED) is 0.845. The minimum absolute atomic E-state index is 0.426. The predicted octanol–water partition coefficient (Wildman–Crippen LogP) is 0.417. The molecule has 1 aromatic carbocycles. The SMILES string of the molecule is COc1ccc(Cn2nnc(C3CNC3)n2)cc1. The van der Waals surface area contributed by atoms with Crippen molar-refractivity contribution >= 4 is 0 Å². The van der Waals surface area contributed by atoms with Gasteiger partial charge in [0, 0.05) is 19.0 Å². The van der Waals surface area contributed by atoms with E-state index in [0.29, 0.717) is 12.5 Å². The third kappa shape index (κ3) is 2.19. The maximum absolute atomic E-state index is 5.12. The fraction of sp³-hybridized carbons (Fsp3) is 0.417. The van der Waals surface area contributed by atoms with Crippen molar-refractivity contribution < 1.29 is 4.74 Å². The van der Waals surface area contributed by atoms with E-state index >= 15 is 0 Å². The van der Waals surface area contributed by atoms with Crippen molar-refractivity contribution in [3.05, 3.63) is 35.7 Å². The van der Waals surface area contributed by atoms with Crippen LogP contribution in [0.1, 0.15) is 17.3 Å². The van der Waals surface area contributed by atoms with Crippen molar-refractivity contribution in [2.45, 2.75) is 12.5 Å². The molecule has 6 heteroatoms. The molecule has 1 saturated heterocycles. The molecule has 0 aliphatic carbocycles. The molecule has 0 radical (unpaired) electrons. The summed E-state index contributed by atoms with van der Waals surface area (Å²) in [5, 5.41) is 15.8. The van der Waals surface area contributed by atoms with Crippen LogP contribution in [0, 0.1) is 0 Å². The van der Waals surface area contributed by atoms with Gasteiger partial charge in [0.05, 0.1) is 13.7 Å².